The zero-order chi connectivity index (χ0) is 28.6. The smallest absolute Gasteiger partial charge is 0.333 e. The molecule has 2 heterocycles. The molecule has 0 saturated heterocycles. The molecule has 0 radical (unpaired) electrons. The molecule has 3 aromatic carbocycles. The Kier molecular flexibility index (Phi) is 6.85. The highest BCUT2D eigenvalue weighted by Gasteiger charge is 2.47. The summed E-state index contributed by atoms with van der Waals surface area (Å²) in [4.78, 5) is 33.6. The molecule has 8 heteroatoms. The highest BCUT2D eigenvalue weighted by Crippen LogP contribution is 2.43. The molecular formula is C33H28F3N3O2. The van der Waals surface area contributed by atoms with Crippen molar-refractivity contribution in [3.05, 3.63) is 119 Å². The van der Waals surface area contributed by atoms with Gasteiger partial charge in [0.2, 0.25) is 5.91 Å². The lowest BCUT2D eigenvalue weighted by Crippen LogP contribution is -2.43. The first-order chi connectivity index (χ1) is 19.7. The maximum absolute atomic E-state index is 13.9. The average molecular weight is 556 g/mol. The second-order valence-corrected chi connectivity index (χ2v) is 10.7. The van der Waals surface area contributed by atoms with Crippen molar-refractivity contribution in [3.63, 3.8) is 0 Å². The molecule has 1 saturated carbocycles. The van der Waals surface area contributed by atoms with Crippen LogP contribution in [0.1, 0.15) is 58.4 Å². The first-order valence-corrected chi connectivity index (χ1v) is 13.7. The summed E-state index contributed by atoms with van der Waals surface area (Å²) in [6.07, 6.45) is 0.872. The molecule has 1 N–H and O–H groups in total. The van der Waals surface area contributed by atoms with E-state index >= 15 is 0 Å². The van der Waals surface area contributed by atoms with Crippen molar-refractivity contribution in [2.24, 2.45) is 0 Å². The summed E-state index contributed by atoms with van der Waals surface area (Å²) in [5.41, 5.74) is 3.49. The molecule has 1 aromatic heterocycles. The number of fused-ring (bicyclic) bond motifs is 1. The van der Waals surface area contributed by atoms with Crippen LogP contribution in [-0.4, -0.2) is 21.7 Å². The van der Waals surface area contributed by atoms with Crippen molar-refractivity contribution in [1.29, 1.82) is 0 Å². The van der Waals surface area contributed by atoms with Gasteiger partial charge in [-0.05, 0) is 77.6 Å². The lowest BCUT2D eigenvalue weighted by atomic mass is 9.80. The minimum absolute atomic E-state index is 0.0981. The summed E-state index contributed by atoms with van der Waals surface area (Å²) in [5, 5.41) is 2.93. The second-order valence-electron chi connectivity index (χ2n) is 10.7. The van der Waals surface area contributed by atoms with Crippen molar-refractivity contribution in [3.8, 4) is 11.1 Å². The van der Waals surface area contributed by atoms with E-state index in [0.717, 1.165) is 54.6 Å². The highest BCUT2D eigenvalue weighted by molar-refractivity contribution is 6.08. The van der Waals surface area contributed by atoms with E-state index in [9.17, 15) is 22.8 Å². The van der Waals surface area contributed by atoms with Crippen LogP contribution >= 0.6 is 0 Å². The van der Waals surface area contributed by atoms with Crippen LogP contribution in [0.15, 0.2) is 91.1 Å². The number of nitrogens with one attached hydrogen (secondary N) is 1. The monoisotopic (exact) mass is 555 g/mol. The van der Waals surface area contributed by atoms with Crippen LogP contribution < -0.4 is 5.32 Å². The molecule has 41 heavy (non-hydrogen) atoms. The van der Waals surface area contributed by atoms with Gasteiger partial charge in [0.25, 0.3) is 5.91 Å². The molecule has 2 aliphatic rings. The number of carbonyl (C=O) groups is 2. The van der Waals surface area contributed by atoms with Crippen LogP contribution in [0.25, 0.3) is 11.1 Å². The Morgan fingerprint density at radius 2 is 1.54 bits per heavy atom. The largest absolute Gasteiger partial charge is 0.416 e. The fourth-order valence-corrected chi connectivity index (χ4v) is 6.09. The minimum Gasteiger partial charge on any atom is -0.333 e. The van der Waals surface area contributed by atoms with Crippen LogP contribution in [0.5, 0.6) is 0 Å². The predicted octanol–water partition coefficient (Wildman–Crippen LogP) is 7.37. The third-order valence-electron chi connectivity index (χ3n) is 8.19. The molecule has 0 unspecified atom stereocenters. The number of carbonyl (C=O) groups excluding carboxylic acids is 2. The zero-order valence-corrected chi connectivity index (χ0v) is 22.2. The summed E-state index contributed by atoms with van der Waals surface area (Å²) in [6.45, 7) is 0.961. The van der Waals surface area contributed by atoms with Crippen LogP contribution in [0.4, 0.5) is 18.9 Å². The van der Waals surface area contributed by atoms with Gasteiger partial charge in [0, 0.05) is 30.5 Å². The van der Waals surface area contributed by atoms with Crippen molar-refractivity contribution in [2.75, 3.05) is 5.32 Å². The summed E-state index contributed by atoms with van der Waals surface area (Å²) in [5.74, 6) is -0.271. The molecule has 5 nitrogen and oxygen atoms in total. The first-order valence-electron chi connectivity index (χ1n) is 13.7. The third kappa shape index (κ3) is 5.10. The van der Waals surface area contributed by atoms with Gasteiger partial charge in [0.1, 0.15) is 0 Å². The van der Waals surface area contributed by atoms with Gasteiger partial charge in [-0.2, -0.15) is 13.2 Å². The maximum atomic E-state index is 13.9. The number of pyridine rings is 1. The van der Waals surface area contributed by atoms with Gasteiger partial charge in [-0.15, -0.1) is 0 Å². The number of hydrogen-bond donors (Lipinski definition) is 1. The Balaban J connectivity index is 1.20. The number of nitrogens with zero attached hydrogens (tertiary/aromatic N) is 2. The molecule has 0 spiro atoms. The maximum Gasteiger partial charge on any atom is 0.416 e. The first kappa shape index (κ1) is 26.7. The van der Waals surface area contributed by atoms with E-state index in [-0.39, 0.29) is 11.8 Å². The fraction of sp³-hybridized carbons (Fsp3) is 0.242. The van der Waals surface area contributed by atoms with E-state index in [2.05, 4.69) is 10.3 Å². The molecule has 1 aliphatic carbocycles. The SMILES string of the molecule is O=C(Nc1ccc2c(c1)CN(C(=O)C1(c3ccccn3)CCCC1)C2)c1ccccc1-c1ccc(C(F)(F)F)cc1. The summed E-state index contributed by atoms with van der Waals surface area (Å²) >= 11 is 0. The number of benzene rings is 3. The average Bonchev–Trinajstić information content (AvgIpc) is 3.65. The number of halogens is 3. The summed E-state index contributed by atoms with van der Waals surface area (Å²) < 4.78 is 39.1. The Morgan fingerprint density at radius 3 is 2.24 bits per heavy atom. The summed E-state index contributed by atoms with van der Waals surface area (Å²) in [7, 11) is 0. The Bertz CT molecular complexity index is 1590. The van der Waals surface area contributed by atoms with Gasteiger partial charge in [-0.25, -0.2) is 0 Å². The lowest BCUT2D eigenvalue weighted by molar-refractivity contribution is -0.138. The normalized spacial score (nSPS) is 15.9. The molecule has 1 fully saturated rings. The number of rotatable bonds is 5. The quantitative estimate of drug-likeness (QED) is 0.280. The van der Waals surface area contributed by atoms with Gasteiger partial charge >= 0.3 is 6.18 Å². The topological polar surface area (TPSA) is 62.3 Å². The molecule has 2 amide bonds. The van der Waals surface area contributed by atoms with E-state index in [4.69, 9.17) is 0 Å². The van der Waals surface area contributed by atoms with Crippen molar-refractivity contribution < 1.29 is 22.8 Å². The van der Waals surface area contributed by atoms with Gasteiger partial charge < -0.3 is 10.2 Å². The van der Waals surface area contributed by atoms with Crippen LogP contribution in [-0.2, 0) is 29.5 Å². The fourth-order valence-electron chi connectivity index (χ4n) is 6.09. The van der Waals surface area contributed by atoms with Crippen LogP contribution in [0.2, 0.25) is 0 Å². The lowest BCUT2D eigenvalue weighted by Gasteiger charge is -2.31. The number of anilines is 1. The van der Waals surface area contributed by atoms with Gasteiger partial charge in [-0.3, -0.25) is 14.6 Å². The summed E-state index contributed by atoms with van der Waals surface area (Å²) in [6, 6.07) is 23.0. The van der Waals surface area contributed by atoms with E-state index in [0.29, 0.717) is 35.5 Å². The molecule has 0 bridgehead atoms. The van der Waals surface area contributed by atoms with Crippen molar-refractivity contribution in [1.82, 2.24) is 9.88 Å². The molecule has 4 aromatic rings. The zero-order valence-electron chi connectivity index (χ0n) is 22.2. The van der Waals surface area contributed by atoms with E-state index in [1.54, 1.807) is 30.5 Å². The highest BCUT2D eigenvalue weighted by atomic mass is 19.4. The molecular weight excluding hydrogens is 527 g/mol. The number of aromatic nitrogens is 1. The van der Waals surface area contributed by atoms with E-state index in [1.807, 2.05) is 41.3 Å². The van der Waals surface area contributed by atoms with Gasteiger partial charge in [0.15, 0.2) is 0 Å². The molecule has 208 valence electrons. The Hall–Kier alpha value is -4.46. The number of amides is 2. The second kappa shape index (κ2) is 10.5. The third-order valence-corrected chi connectivity index (χ3v) is 8.19. The van der Waals surface area contributed by atoms with Gasteiger partial charge in [-0.1, -0.05) is 55.3 Å². The van der Waals surface area contributed by atoms with E-state index in [1.165, 1.54) is 12.1 Å². The predicted molar refractivity (Wildman–Crippen MR) is 150 cm³/mol. The molecule has 1 aliphatic heterocycles. The van der Waals surface area contributed by atoms with Crippen molar-refractivity contribution >= 4 is 17.5 Å². The minimum atomic E-state index is -4.43. The molecule has 0 atom stereocenters. The number of alkyl halides is 3. The Labute approximate surface area is 236 Å². The van der Waals surface area contributed by atoms with E-state index < -0.39 is 17.2 Å². The number of hydrogen-bond acceptors (Lipinski definition) is 3. The van der Waals surface area contributed by atoms with Crippen LogP contribution in [0, 0.1) is 0 Å². The Morgan fingerprint density at radius 1 is 0.829 bits per heavy atom. The van der Waals surface area contributed by atoms with Gasteiger partial charge in [0.05, 0.1) is 16.7 Å². The molecule has 6 rings (SSSR count). The van der Waals surface area contributed by atoms with Crippen molar-refractivity contribution in [2.45, 2.75) is 50.4 Å². The van der Waals surface area contributed by atoms with Crippen LogP contribution in [0.3, 0.4) is 0 Å². The standard InChI is InChI=1S/C33H28F3N3O2/c34-33(35,36)25-13-10-22(11-14-25)27-7-1-2-8-28(27)30(40)38-26-15-12-23-20-39(21-24(23)19-26)31(41)32(16-4-5-17-32)29-9-3-6-18-37-29/h1-3,6-15,18-19H,4-5,16-17,20-21H2,(H,38,40).